The fourth-order valence-corrected chi connectivity index (χ4v) is 3.17. The first-order valence-electron chi connectivity index (χ1n) is 8.03. The van der Waals surface area contributed by atoms with Crippen molar-refractivity contribution in [2.45, 2.75) is 12.8 Å². The van der Waals surface area contributed by atoms with E-state index < -0.39 is 0 Å². The second-order valence-corrected chi connectivity index (χ2v) is 6.50. The molecule has 5 heteroatoms. The number of nitrogens with one attached hydrogen (secondary N) is 2. The van der Waals surface area contributed by atoms with Gasteiger partial charge in [0.1, 0.15) is 0 Å². The number of anilines is 1. The van der Waals surface area contributed by atoms with E-state index in [4.69, 9.17) is 11.6 Å². The van der Waals surface area contributed by atoms with Crippen LogP contribution in [0.4, 0.5) is 5.69 Å². The van der Waals surface area contributed by atoms with Gasteiger partial charge in [0.15, 0.2) is 0 Å². The smallest absolute Gasteiger partial charge is 0.231 e. The largest absolute Gasteiger partial charge is 0.355 e. The summed E-state index contributed by atoms with van der Waals surface area (Å²) in [5.74, 6) is -0.322. The highest BCUT2D eigenvalue weighted by Crippen LogP contribution is 2.30. The number of nitrogens with zero attached hydrogens (tertiary/aromatic N) is 1. The van der Waals surface area contributed by atoms with Crippen molar-refractivity contribution in [3.63, 3.8) is 0 Å². The molecule has 4 aromatic rings. The molecule has 0 saturated heterocycles. The van der Waals surface area contributed by atoms with Gasteiger partial charge in [0.05, 0.1) is 5.92 Å². The Bertz CT molecular complexity index is 1070. The highest BCUT2D eigenvalue weighted by Gasteiger charge is 2.16. The van der Waals surface area contributed by atoms with Crippen LogP contribution in [-0.2, 0) is 4.79 Å². The molecule has 1 atom stereocenters. The first kappa shape index (κ1) is 15.7. The molecule has 4 nitrogen and oxygen atoms in total. The molecule has 124 valence electrons. The number of benzene rings is 2. The summed E-state index contributed by atoms with van der Waals surface area (Å²) in [4.78, 5) is 19.8. The van der Waals surface area contributed by atoms with Crippen LogP contribution in [0.3, 0.4) is 0 Å². The molecule has 25 heavy (non-hydrogen) atoms. The summed E-state index contributed by atoms with van der Waals surface area (Å²) in [5, 5.41) is 5.81. The summed E-state index contributed by atoms with van der Waals surface area (Å²) in [5.41, 5.74) is 3.73. The normalized spacial score (nSPS) is 12.4. The summed E-state index contributed by atoms with van der Waals surface area (Å²) in [6.45, 7) is 1.90. The highest BCUT2D eigenvalue weighted by molar-refractivity contribution is 6.31. The number of hydrogen-bond acceptors (Lipinski definition) is 2. The molecule has 0 spiro atoms. The molecular weight excluding hydrogens is 334 g/mol. The molecule has 2 aromatic carbocycles. The number of amides is 1. The number of pyridine rings is 1. The SMILES string of the molecule is C[C@H](C(=O)Nc1ccncc1)c1ccc2c(c1)[nH]c1ccc(Cl)cc12. The van der Waals surface area contributed by atoms with Crippen molar-refractivity contribution in [2.24, 2.45) is 0 Å². The van der Waals surface area contributed by atoms with E-state index in [2.05, 4.69) is 15.3 Å². The second kappa shape index (κ2) is 6.22. The van der Waals surface area contributed by atoms with Gasteiger partial charge in [-0.3, -0.25) is 9.78 Å². The average Bonchev–Trinajstić information content (AvgIpc) is 2.99. The summed E-state index contributed by atoms with van der Waals surface area (Å²) in [6, 6.07) is 15.4. The number of aromatic amines is 1. The van der Waals surface area contributed by atoms with E-state index in [0.29, 0.717) is 5.02 Å². The summed E-state index contributed by atoms with van der Waals surface area (Å²) in [7, 11) is 0. The molecular formula is C20H16ClN3O. The molecule has 0 fully saturated rings. The van der Waals surface area contributed by atoms with Gasteiger partial charge in [-0.2, -0.15) is 0 Å². The fourth-order valence-electron chi connectivity index (χ4n) is 3.00. The number of fused-ring (bicyclic) bond motifs is 3. The van der Waals surface area contributed by atoms with Gasteiger partial charge in [-0.25, -0.2) is 0 Å². The molecule has 0 radical (unpaired) electrons. The fraction of sp³-hybridized carbons (Fsp3) is 0.100. The van der Waals surface area contributed by atoms with Crippen LogP contribution in [0.15, 0.2) is 60.9 Å². The number of halogens is 1. The molecule has 0 saturated carbocycles. The molecule has 1 amide bonds. The van der Waals surface area contributed by atoms with Gasteiger partial charge >= 0.3 is 0 Å². The third-order valence-electron chi connectivity index (χ3n) is 4.43. The summed E-state index contributed by atoms with van der Waals surface area (Å²) >= 11 is 6.11. The van der Waals surface area contributed by atoms with E-state index >= 15 is 0 Å². The predicted molar refractivity (Wildman–Crippen MR) is 102 cm³/mol. The van der Waals surface area contributed by atoms with Crippen molar-refractivity contribution in [3.05, 3.63) is 71.5 Å². The van der Waals surface area contributed by atoms with E-state index in [1.807, 2.05) is 43.3 Å². The first-order valence-corrected chi connectivity index (χ1v) is 8.41. The number of aromatic nitrogens is 2. The van der Waals surface area contributed by atoms with E-state index in [9.17, 15) is 4.79 Å². The van der Waals surface area contributed by atoms with Crippen LogP contribution in [0.2, 0.25) is 5.02 Å². The Morgan fingerprint density at radius 3 is 2.64 bits per heavy atom. The van der Waals surface area contributed by atoms with E-state index in [-0.39, 0.29) is 11.8 Å². The van der Waals surface area contributed by atoms with E-state index in [1.165, 1.54) is 0 Å². The monoisotopic (exact) mass is 349 g/mol. The lowest BCUT2D eigenvalue weighted by Gasteiger charge is -2.12. The van der Waals surface area contributed by atoms with Gasteiger partial charge in [-0.15, -0.1) is 0 Å². The lowest BCUT2D eigenvalue weighted by atomic mass is 9.98. The third-order valence-corrected chi connectivity index (χ3v) is 4.66. The lowest BCUT2D eigenvalue weighted by Crippen LogP contribution is -2.18. The maximum absolute atomic E-state index is 12.5. The van der Waals surface area contributed by atoms with E-state index in [1.54, 1.807) is 24.5 Å². The highest BCUT2D eigenvalue weighted by atomic mass is 35.5. The molecule has 2 aromatic heterocycles. The van der Waals surface area contributed by atoms with Gasteiger partial charge in [-0.1, -0.05) is 23.7 Å². The molecule has 0 bridgehead atoms. The van der Waals surface area contributed by atoms with Crippen molar-refractivity contribution < 1.29 is 4.79 Å². The minimum atomic E-state index is -0.271. The van der Waals surface area contributed by atoms with Crippen molar-refractivity contribution in [3.8, 4) is 0 Å². The molecule has 0 aliphatic heterocycles. The number of carbonyl (C=O) groups is 1. The molecule has 0 unspecified atom stereocenters. The van der Waals surface area contributed by atoms with E-state index in [0.717, 1.165) is 33.1 Å². The first-order chi connectivity index (χ1) is 12.1. The third kappa shape index (κ3) is 2.96. The van der Waals surface area contributed by atoms with Gasteiger partial charge < -0.3 is 10.3 Å². The molecule has 0 aliphatic carbocycles. The molecule has 2 N–H and O–H groups in total. The Kier molecular flexibility index (Phi) is 3.90. The predicted octanol–water partition coefficient (Wildman–Crippen LogP) is 5.11. The second-order valence-electron chi connectivity index (χ2n) is 6.07. The van der Waals surface area contributed by atoms with Crippen LogP contribution in [0.25, 0.3) is 21.8 Å². The average molecular weight is 350 g/mol. The maximum atomic E-state index is 12.5. The van der Waals surface area contributed by atoms with Crippen LogP contribution in [0.5, 0.6) is 0 Å². The minimum Gasteiger partial charge on any atom is -0.355 e. The summed E-state index contributed by atoms with van der Waals surface area (Å²) < 4.78 is 0. The zero-order valence-corrected chi connectivity index (χ0v) is 14.3. The topological polar surface area (TPSA) is 57.8 Å². The van der Waals surface area contributed by atoms with Gasteiger partial charge in [0.2, 0.25) is 5.91 Å². The number of rotatable bonds is 3. The zero-order valence-electron chi connectivity index (χ0n) is 13.6. The van der Waals surface area contributed by atoms with Crippen molar-refractivity contribution in [1.29, 1.82) is 0 Å². The van der Waals surface area contributed by atoms with Crippen molar-refractivity contribution in [2.75, 3.05) is 5.32 Å². The van der Waals surface area contributed by atoms with Crippen LogP contribution in [-0.4, -0.2) is 15.9 Å². The maximum Gasteiger partial charge on any atom is 0.231 e. The number of hydrogen-bond donors (Lipinski definition) is 2. The molecule has 0 aliphatic rings. The zero-order chi connectivity index (χ0) is 17.4. The van der Waals surface area contributed by atoms with Gasteiger partial charge in [-0.05, 0) is 48.9 Å². The van der Waals surface area contributed by atoms with Crippen LogP contribution >= 0.6 is 11.6 Å². The Morgan fingerprint density at radius 2 is 1.84 bits per heavy atom. The minimum absolute atomic E-state index is 0.0512. The quantitative estimate of drug-likeness (QED) is 0.540. The van der Waals surface area contributed by atoms with Gasteiger partial charge in [0.25, 0.3) is 0 Å². The van der Waals surface area contributed by atoms with Crippen LogP contribution in [0.1, 0.15) is 18.4 Å². The van der Waals surface area contributed by atoms with Crippen molar-refractivity contribution in [1.82, 2.24) is 9.97 Å². The standard InChI is InChI=1S/C20H16ClN3O/c1-12(20(25)23-15-6-8-22-9-7-15)13-2-4-16-17-11-14(21)3-5-18(17)24-19(16)10-13/h2-12,24H,1H3,(H,22,23,25)/t12-/m0/s1. The number of H-pyrrole nitrogens is 1. The Balaban J connectivity index is 1.66. The van der Waals surface area contributed by atoms with Gasteiger partial charge in [0, 0.05) is 44.9 Å². The van der Waals surface area contributed by atoms with Crippen LogP contribution in [0, 0.1) is 0 Å². The Labute approximate surface area is 149 Å². The molecule has 4 rings (SSSR count). The summed E-state index contributed by atoms with van der Waals surface area (Å²) in [6.07, 6.45) is 3.31. The van der Waals surface area contributed by atoms with Crippen molar-refractivity contribution >= 4 is 45.0 Å². The van der Waals surface area contributed by atoms with Crippen LogP contribution < -0.4 is 5.32 Å². The lowest BCUT2D eigenvalue weighted by molar-refractivity contribution is -0.117. The molecule has 2 heterocycles. The number of carbonyl (C=O) groups excluding carboxylic acids is 1. The Hall–Kier alpha value is -2.85. The Morgan fingerprint density at radius 1 is 1.04 bits per heavy atom.